The molecule has 7 nitrogen and oxygen atoms in total. The Hall–Kier alpha value is -3.19. The average Bonchev–Trinajstić information content (AvgIpc) is 3.45. The number of ether oxygens (including phenoxy) is 1. The molecule has 2 amide bonds. The van der Waals surface area contributed by atoms with Gasteiger partial charge >= 0.3 is 0 Å². The Morgan fingerprint density at radius 3 is 2.67 bits per heavy atom. The van der Waals surface area contributed by atoms with Gasteiger partial charge in [-0.15, -0.1) is 0 Å². The number of benzene rings is 2. The Morgan fingerprint density at radius 1 is 1.18 bits per heavy atom. The first-order chi connectivity index (χ1) is 15.9. The molecule has 1 fully saturated rings. The Balaban J connectivity index is 1.34. The van der Waals surface area contributed by atoms with Crippen molar-refractivity contribution in [2.75, 3.05) is 20.8 Å². The van der Waals surface area contributed by atoms with Crippen LogP contribution < -0.4 is 5.32 Å². The van der Waals surface area contributed by atoms with Crippen molar-refractivity contribution in [3.05, 3.63) is 54.1 Å². The van der Waals surface area contributed by atoms with Crippen molar-refractivity contribution in [1.82, 2.24) is 15.2 Å². The van der Waals surface area contributed by atoms with Crippen LogP contribution in [-0.4, -0.2) is 54.5 Å². The topological polar surface area (TPSA) is 84.7 Å². The maximum absolute atomic E-state index is 13.1. The molecule has 0 radical (unpaired) electrons. The molecular weight excluding hydrogens is 418 g/mol. The number of oxazole rings is 1. The number of hydrogen-bond acceptors (Lipinski definition) is 5. The van der Waals surface area contributed by atoms with E-state index in [2.05, 4.69) is 10.3 Å². The molecular formula is C26H31N3O4. The molecule has 0 bridgehead atoms. The van der Waals surface area contributed by atoms with Crippen LogP contribution in [0.1, 0.15) is 43.0 Å². The van der Waals surface area contributed by atoms with Crippen molar-refractivity contribution in [3.8, 4) is 11.5 Å². The van der Waals surface area contributed by atoms with E-state index in [1.54, 1.807) is 7.11 Å². The fourth-order valence-electron chi connectivity index (χ4n) is 4.59. The molecule has 4 rings (SSSR count). The Bertz CT molecular complexity index is 1080. The monoisotopic (exact) mass is 449 g/mol. The molecule has 1 heterocycles. The quantitative estimate of drug-likeness (QED) is 0.555. The van der Waals surface area contributed by atoms with Crippen LogP contribution in [-0.2, 0) is 9.53 Å². The van der Waals surface area contributed by atoms with E-state index in [4.69, 9.17) is 9.15 Å². The van der Waals surface area contributed by atoms with Crippen LogP contribution in [0.3, 0.4) is 0 Å². The first kappa shape index (κ1) is 23.0. The van der Waals surface area contributed by atoms with E-state index in [0.717, 1.165) is 35.9 Å². The molecule has 7 heteroatoms. The summed E-state index contributed by atoms with van der Waals surface area (Å²) < 4.78 is 10.9. The second-order valence-corrected chi connectivity index (χ2v) is 8.94. The van der Waals surface area contributed by atoms with Gasteiger partial charge in [-0.1, -0.05) is 12.1 Å². The van der Waals surface area contributed by atoms with Gasteiger partial charge in [-0.05, 0) is 68.5 Å². The number of methoxy groups -OCH3 is 1. The molecule has 1 aliphatic rings. The highest BCUT2D eigenvalue weighted by molar-refractivity contribution is 5.94. The molecule has 3 atom stereocenters. The Morgan fingerprint density at radius 2 is 1.94 bits per heavy atom. The van der Waals surface area contributed by atoms with Gasteiger partial charge in [0.25, 0.3) is 5.91 Å². The zero-order chi connectivity index (χ0) is 23.4. The summed E-state index contributed by atoms with van der Waals surface area (Å²) in [7, 11) is 3.48. The summed E-state index contributed by atoms with van der Waals surface area (Å²) in [5.41, 5.74) is 3.02. The minimum atomic E-state index is -0.0112. The standard InChI is InChI=1S/C26H31N3O4/c1-17(16-32-3)27-24(30)15-18-8-13-21(14-18)29(2)26(31)20-11-9-19(10-12-20)25-28-22-6-4-5-7-23(22)33-25/h4-7,9-12,17-18,21H,8,13-16H2,1-3H3,(H,27,30). The highest BCUT2D eigenvalue weighted by atomic mass is 16.5. The largest absolute Gasteiger partial charge is 0.436 e. The van der Waals surface area contributed by atoms with Crippen LogP contribution in [0.5, 0.6) is 0 Å². The zero-order valence-corrected chi connectivity index (χ0v) is 19.4. The van der Waals surface area contributed by atoms with E-state index < -0.39 is 0 Å². The smallest absolute Gasteiger partial charge is 0.253 e. The predicted molar refractivity (Wildman–Crippen MR) is 127 cm³/mol. The molecule has 33 heavy (non-hydrogen) atoms. The van der Waals surface area contributed by atoms with Crippen LogP contribution in [0.4, 0.5) is 0 Å². The summed E-state index contributed by atoms with van der Waals surface area (Å²) in [5.74, 6) is 0.874. The van der Waals surface area contributed by atoms with Crippen LogP contribution in [0.2, 0.25) is 0 Å². The lowest BCUT2D eigenvalue weighted by atomic mass is 10.0. The van der Waals surface area contributed by atoms with Crippen LogP contribution in [0, 0.1) is 5.92 Å². The minimum absolute atomic E-state index is 0.00156. The molecule has 1 aliphatic carbocycles. The van der Waals surface area contributed by atoms with Gasteiger partial charge in [0.2, 0.25) is 11.8 Å². The van der Waals surface area contributed by atoms with Crippen LogP contribution in [0.15, 0.2) is 52.9 Å². The fourth-order valence-corrected chi connectivity index (χ4v) is 4.59. The van der Waals surface area contributed by atoms with Gasteiger partial charge < -0.3 is 19.4 Å². The van der Waals surface area contributed by atoms with Crippen LogP contribution >= 0.6 is 0 Å². The second-order valence-electron chi connectivity index (χ2n) is 8.94. The lowest BCUT2D eigenvalue weighted by Gasteiger charge is -2.25. The SMILES string of the molecule is COCC(C)NC(=O)CC1CCC(N(C)C(=O)c2ccc(-c3nc4ccccc4o3)cc2)C1. The highest BCUT2D eigenvalue weighted by Gasteiger charge is 2.31. The summed E-state index contributed by atoms with van der Waals surface area (Å²) >= 11 is 0. The number of nitrogens with zero attached hydrogens (tertiary/aromatic N) is 2. The summed E-state index contributed by atoms with van der Waals surface area (Å²) in [4.78, 5) is 31.7. The van der Waals surface area contributed by atoms with Crippen molar-refractivity contribution in [2.24, 2.45) is 5.92 Å². The van der Waals surface area contributed by atoms with Crippen molar-refractivity contribution >= 4 is 22.9 Å². The molecule has 1 saturated carbocycles. The van der Waals surface area contributed by atoms with Crippen molar-refractivity contribution in [2.45, 2.75) is 44.7 Å². The number of carbonyl (C=O) groups excluding carboxylic acids is 2. The van der Waals surface area contributed by atoms with E-state index in [1.165, 1.54) is 0 Å². The van der Waals surface area contributed by atoms with Gasteiger partial charge in [0.05, 0.1) is 6.61 Å². The van der Waals surface area contributed by atoms with E-state index in [0.29, 0.717) is 30.4 Å². The number of nitrogens with one attached hydrogen (secondary N) is 1. The number of hydrogen-bond donors (Lipinski definition) is 1. The van der Waals surface area contributed by atoms with Crippen molar-refractivity contribution in [1.29, 1.82) is 0 Å². The van der Waals surface area contributed by atoms with E-state index in [1.807, 2.05) is 67.4 Å². The first-order valence-corrected chi connectivity index (χ1v) is 11.5. The third-order valence-corrected chi connectivity index (χ3v) is 6.35. The first-order valence-electron chi connectivity index (χ1n) is 11.5. The number of rotatable bonds is 8. The normalized spacial score (nSPS) is 18.9. The molecule has 0 aliphatic heterocycles. The van der Waals surface area contributed by atoms with Gasteiger partial charge in [0.1, 0.15) is 5.52 Å². The molecule has 3 aromatic rings. The van der Waals surface area contributed by atoms with Crippen LogP contribution in [0.25, 0.3) is 22.6 Å². The zero-order valence-electron chi connectivity index (χ0n) is 19.4. The van der Waals surface area contributed by atoms with E-state index in [-0.39, 0.29) is 23.9 Å². The highest BCUT2D eigenvalue weighted by Crippen LogP contribution is 2.32. The maximum Gasteiger partial charge on any atom is 0.253 e. The number of carbonyl (C=O) groups is 2. The maximum atomic E-state index is 13.1. The van der Waals surface area contributed by atoms with Gasteiger partial charge in [-0.3, -0.25) is 9.59 Å². The lowest BCUT2D eigenvalue weighted by molar-refractivity contribution is -0.122. The molecule has 1 N–H and O–H groups in total. The predicted octanol–water partition coefficient (Wildman–Crippen LogP) is 4.28. The molecule has 1 aromatic heterocycles. The van der Waals surface area contributed by atoms with E-state index in [9.17, 15) is 9.59 Å². The van der Waals surface area contributed by atoms with Gasteiger partial charge in [-0.25, -0.2) is 4.98 Å². The number of para-hydroxylation sites is 2. The summed E-state index contributed by atoms with van der Waals surface area (Å²) in [6.07, 6.45) is 3.20. The Labute approximate surface area is 194 Å². The molecule has 0 spiro atoms. The lowest BCUT2D eigenvalue weighted by Crippen LogP contribution is -2.37. The summed E-state index contributed by atoms with van der Waals surface area (Å²) in [6, 6.07) is 15.2. The fraction of sp³-hybridized carbons (Fsp3) is 0.423. The van der Waals surface area contributed by atoms with Gasteiger partial charge in [0, 0.05) is 43.8 Å². The Kier molecular flexibility index (Phi) is 7.08. The average molecular weight is 450 g/mol. The molecule has 174 valence electrons. The van der Waals surface area contributed by atoms with Gasteiger partial charge in [-0.2, -0.15) is 0 Å². The minimum Gasteiger partial charge on any atom is -0.436 e. The molecule has 3 unspecified atom stereocenters. The molecule has 2 aromatic carbocycles. The summed E-state index contributed by atoms with van der Waals surface area (Å²) in [5, 5.41) is 2.97. The van der Waals surface area contributed by atoms with E-state index >= 15 is 0 Å². The number of aromatic nitrogens is 1. The summed E-state index contributed by atoms with van der Waals surface area (Å²) in [6.45, 7) is 2.43. The van der Waals surface area contributed by atoms with Crippen molar-refractivity contribution in [3.63, 3.8) is 0 Å². The third kappa shape index (κ3) is 5.42. The number of fused-ring (bicyclic) bond motifs is 1. The molecule has 0 saturated heterocycles. The van der Waals surface area contributed by atoms with Gasteiger partial charge in [0.15, 0.2) is 5.58 Å². The number of amides is 2. The third-order valence-electron chi connectivity index (χ3n) is 6.35. The van der Waals surface area contributed by atoms with Crippen molar-refractivity contribution < 1.29 is 18.7 Å². The second kappa shape index (κ2) is 10.2.